The predicted molar refractivity (Wildman–Crippen MR) is 108 cm³/mol. The first-order valence-electron chi connectivity index (χ1n) is 10.3. The molecule has 1 heterocycles. The van der Waals surface area contributed by atoms with Gasteiger partial charge in [0.25, 0.3) is 0 Å². The van der Waals surface area contributed by atoms with E-state index < -0.39 is 24.5 Å². The van der Waals surface area contributed by atoms with Crippen LogP contribution in [0.5, 0.6) is 5.75 Å². The van der Waals surface area contributed by atoms with Gasteiger partial charge in [-0.05, 0) is 43.4 Å². The van der Waals surface area contributed by atoms with E-state index in [1.165, 1.54) is 0 Å². The Morgan fingerprint density at radius 2 is 1.55 bits per heavy atom. The fraction of sp³-hybridized carbons (Fsp3) is 0.391. The van der Waals surface area contributed by atoms with Crippen LogP contribution in [0.1, 0.15) is 50.0 Å². The number of carbonyl (C=O) groups excluding carboxylic acids is 2. The molecular formula is C23H23NO7. The Hall–Kier alpha value is -3.42. The van der Waals surface area contributed by atoms with Gasteiger partial charge in [-0.2, -0.15) is 0 Å². The molecule has 0 saturated carbocycles. The predicted octanol–water partition coefficient (Wildman–Crippen LogP) is 2.65. The number of carboxylic acids is 2. The van der Waals surface area contributed by atoms with Gasteiger partial charge < -0.3 is 19.8 Å². The van der Waals surface area contributed by atoms with E-state index in [-0.39, 0.29) is 18.1 Å². The van der Waals surface area contributed by atoms with Crippen LogP contribution < -0.4 is 4.74 Å². The number of ketones is 2. The van der Waals surface area contributed by atoms with Gasteiger partial charge in [-0.1, -0.05) is 12.1 Å². The molecule has 1 aliphatic heterocycles. The highest BCUT2D eigenvalue weighted by atomic mass is 16.5. The van der Waals surface area contributed by atoms with Crippen molar-refractivity contribution in [3.05, 3.63) is 52.4 Å². The summed E-state index contributed by atoms with van der Waals surface area (Å²) in [6.07, 6.45) is 3.12. The highest BCUT2D eigenvalue weighted by molar-refractivity contribution is 6.06. The molecule has 31 heavy (non-hydrogen) atoms. The van der Waals surface area contributed by atoms with Crippen molar-refractivity contribution in [3.63, 3.8) is 0 Å². The number of Topliss-reactive ketones (excluding diaryl/α,β-unsaturated/α-hetero) is 2. The van der Waals surface area contributed by atoms with E-state index in [4.69, 9.17) is 9.84 Å². The maximum absolute atomic E-state index is 13.0. The summed E-state index contributed by atoms with van der Waals surface area (Å²) in [5.41, 5.74) is 3.01. The molecule has 0 fully saturated rings. The number of hydrogen-bond acceptors (Lipinski definition) is 6. The molecule has 0 saturated heterocycles. The Kier molecular flexibility index (Phi) is 5.63. The van der Waals surface area contributed by atoms with Crippen LogP contribution in [0.3, 0.4) is 0 Å². The van der Waals surface area contributed by atoms with Crippen LogP contribution in [-0.4, -0.2) is 51.8 Å². The minimum Gasteiger partial charge on any atom is -0.482 e. The van der Waals surface area contributed by atoms with Crippen molar-refractivity contribution in [2.24, 2.45) is 0 Å². The summed E-state index contributed by atoms with van der Waals surface area (Å²) in [7, 11) is 0. The second kappa shape index (κ2) is 8.37. The molecule has 0 unspecified atom stereocenters. The number of benzene rings is 1. The monoisotopic (exact) mass is 425 g/mol. The zero-order chi connectivity index (χ0) is 22.1. The van der Waals surface area contributed by atoms with E-state index >= 15 is 0 Å². The molecule has 8 nitrogen and oxygen atoms in total. The van der Waals surface area contributed by atoms with Crippen LogP contribution in [0.15, 0.2) is 46.8 Å². The van der Waals surface area contributed by atoms with E-state index in [9.17, 15) is 24.3 Å². The molecule has 1 aromatic carbocycles. The van der Waals surface area contributed by atoms with Crippen LogP contribution in [-0.2, 0) is 19.2 Å². The van der Waals surface area contributed by atoms with Gasteiger partial charge in [0.15, 0.2) is 18.2 Å². The fourth-order valence-electron chi connectivity index (χ4n) is 4.80. The van der Waals surface area contributed by atoms with Gasteiger partial charge >= 0.3 is 11.9 Å². The Bertz CT molecular complexity index is 992. The Balaban J connectivity index is 1.87. The second-order valence-electron chi connectivity index (χ2n) is 7.94. The topological polar surface area (TPSA) is 121 Å². The van der Waals surface area contributed by atoms with Gasteiger partial charge in [0.05, 0.1) is 0 Å². The number of ether oxygens (including phenoxy) is 1. The number of nitrogens with zero attached hydrogens (tertiary/aromatic N) is 1. The van der Waals surface area contributed by atoms with Gasteiger partial charge in [0.1, 0.15) is 12.3 Å². The lowest BCUT2D eigenvalue weighted by Gasteiger charge is -2.43. The van der Waals surface area contributed by atoms with Crippen LogP contribution in [0.4, 0.5) is 0 Å². The standard InChI is InChI=1S/C23H23NO7/c25-17-8-2-6-15-22(17)21(13-4-1-5-14(10-13)31-12-20(29)30)23-16(7-3-9-18(23)26)24(15)11-19(27)28/h1,4-5,10,21H,2-3,6-9,11-12H2,(H,27,28)(H,29,30). The maximum Gasteiger partial charge on any atom is 0.341 e. The Morgan fingerprint density at radius 1 is 0.935 bits per heavy atom. The number of hydrogen-bond donors (Lipinski definition) is 2. The fourth-order valence-corrected chi connectivity index (χ4v) is 4.80. The van der Waals surface area contributed by atoms with Crippen molar-refractivity contribution in [2.45, 2.75) is 44.4 Å². The Labute approximate surface area is 178 Å². The first-order valence-corrected chi connectivity index (χ1v) is 10.3. The molecule has 8 heteroatoms. The summed E-state index contributed by atoms with van der Waals surface area (Å²) in [4.78, 5) is 50.2. The smallest absolute Gasteiger partial charge is 0.341 e. The first-order chi connectivity index (χ1) is 14.9. The van der Waals surface area contributed by atoms with Crippen molar-refractivity contribution in [1.82, 2.24) is 4.90 Å². The van der Waals surface area contributed by atoms with Gasteiger partial charge in [-0.25, -0.2) is 4.79 Å². The van der Waals surface area contributed by atoms with Gasteiger partial charge in [0, 0.05) is 41.3 Å². The molecule has 0 spiro atoms. The molecule has 2 aliphatic carbocycles. The number of carboxylic acid groups (broad SMARTS) is 2. The number of allylic oxidation sites excluding steroid dienone is 4. The molecule has 1 aromatic rings. The lowest BCUT2D eigenvalue weighted by molar-refractivity contribution is -0.139. The van der Waals surface area contributed by atoms with Crippen LogP contribution >= 0.6 is 0 Å². The first kappa shape index (κ1) is 20.8. The van der Waals surface area contributed by atoms with E-state index in [0.717, 1.165) is 0 Å². The average molecular weight is 425 g/mol. The van der Waals surface area contributed by atoms with E-state index in [0.29, 0.717) is 72.4 Å². The quantitative estimate of drug-likeness (QED) is 0.714. The van der Waals surface area contributed by atoms with Crippen molar-refractivity contribution in [1.29, 1.82) is 0 Å². The lowest BCUT2D eigenvalue weighted by Crippen LogP contribution is -2.41. The zero-order valence-corrected chi connectivity index (χ0v) is 16.9. The third-order valence-electron chi connectivity index (χ3n) is 5.93. The molecule has 0 aromatic heterocycles. The molecule has 4 rings (SSSR count). The van der Waals surface area contributed by atoms with Crippen molar-refractivity contribution in [3.8, 4) is 5.75 Å². The van der Waals surface area contributed by atoms with Gasteiger partial charge in [-0.15, -0.1) is 0 Å². The Morgan fingerprint density at radius 3 is 2.10 bits per heavy atom. The summed E-state index contributed by atoms with van der Waals surface area (Å²) in [5.74, 6) is -2.54. The van der Waals surface area contributed by atoms with E-state index in [1.54, 1.807) is 29.2 Å². The highest BCUT2D eigenvalue weighted by Crippen LogP contribution is 2.49. The maximum atomic E-state index is 13.0. The number of carbonyl (C=O) groups is 4. The molecule has 0 bridgehead atoms. The van der Waals surface area contributed by atoms with Crippen LogP contribution in [0.25, 0.3) is 0 Å². The highest BCUT2D eigenvalue weighted by Gasteiger charge is 2.43. The molecular weight excluding hydrogens is 402 g/mol. The third-order valence-corrected chi connectivity index (χ3v) is 5.93. The molecule has 0 atom stereocenters. The molecule has 2 N–H and O–H groups in total. The molecule has 0 amide bonds. The van der Waals surface area contributed by atoms with Crippen molar-refractivity contribution >= 4 is 23.5 Å². The normalized spacial score (nSPS) is 19.3. The van der Waals surface area contributed by atoms with Gasteiger partial charge in [-0.3, -0.25) is 14.4 Å². The molecule has 162 valence electrons. The molecule has 0 radical (unpaired) electrons. The van der Waals surface area contributed by atoms with Crippen LogP contribution in [0, 0.1) is 0 Å². The summed E-state index contributed by atoms with van der Waals surface area (Å²) >= 11 is 0. The summed E-state index contributed by atoms with van der Waals surface area (Å²) in [5, 5.41) is 18.4. The van der Waals surface area contributed by atoms with E-state index in [2.05, 4.69) is 0 Å². The summed E-state index contributed by atoms with van der Waals surface area (Å²) in [6, 6.07) is 6.79. The SMILES string of the molecule is O=C(O)COc1cccc(C2C3=C(CCCC3=O)N(CC(=O)O)C3=C2C(=O)CCC3)c1. The zero-order valence-electron chi connectivity index (χ0n) is 16.9. The molecule has 3 aliphatic rings. The van der Waals surface area contributed by atoms with Crippen LogP contribution in [0.2, 0.25) is 0 Å². The average Bonchev–Trinajstić information content (AvgIpc) is 2.73. The minimum atomic E-state index is -1.10. The van der Waals surface area contributed by atoms with Crippen molar-refractivity contribution < 1.29 is 34.1 Å². The van der Waals surface area contributed by atoms with E-state index in [1.807, 2.05) is 0 Å². The summed E-state index contributed by atoms with van der Waals surface area (Å²) in [6.45, 7) is -0.785. The summed E-state index contributed by atoms with van der Waals surface area (Å²) < 4.78 is 5.31. The van der Waals surface area contributed by atoms with Crippen molar-refractivity contribution in [2.75, 3.05) is 13.2 Å². The minimum absolute atomic E-state index is 0.0802. The number of aliphatic carboxylic acids is 2. The lowest BCUT2D eigenvalue weighted by atomic mass is 9.71. The largest absolute Gasteiger partial charge is 0.482 e. The number of rotatable bonds is 6. The second-order valence-corrected chi connectivity index (χ2v) is 7.94. The van der Waals surface area contributed by atoms with Gasteiger partial charge in [0.2, 0.25) is 0 Å². The third kappa shape index (κ3) is 3.97.